The van der Waals surface area contributed by atoms with Crippen LogP contribution in [0.15, 0.2) is 12.2 Å². The van der Waals surface area contributed by atoms with Gasteiger partial charge in [0.1, 0.15) is 6.04 Å². The Morgan fingerprint density at radius 2 is 1.40 bits per heavy atom. The Labute approximate surface area is 190 Å². The summed E-state index contributed by atoms with van der Waals surface area (Å²) in [5, 5.41) is 2.69. The Kier molecular flexibility index (Phi) is 22.0. The van der Waals surface area contributed by atoms with Gasteiger partial charge in [-0.2, -0.15) is 11.8 Å². The molecule has 0 bridgehead atoms. The molecule has 176 valence electrons. The number of esters is 1. The third-order valence-electron chi connectivity index (χ3n) is 5.17. The van der Waals surface area contributed by atoms with Crippen LogP contribution in [0.4, 0.5) is 0 Å². The van der Waals surface area contributed by atoms with Crippen LogP contribution in [0.1, 0.15) is 110 Å². The molecule has 0 spiro atoms. The summed E-state index contributed by atoms with van der Waals surface area (Å²) in [5.74, 6) is 0.344. The van der Waals surface area contributed by atoms with Crippen LogP contribution in [-0.2, 0) is 14.3 Å². The van der Waals surface area contributed by atoms with E-state index in [9.17, 15) is 9.59 Å². The summed E-state index contributed by atoms with van der Waals surface area (Å²) < 4.78 is 5.35. The first-order valence-corrected chi connectivity index (χ1v) is 13.6. The van der Waals surface area contributed by atoms with Crippen molar-refractivity contribution in [1.29, 1.82) is 0 Å². The van der Waals surface area contributed by atoms with Gasteiger partial charge in [-0.15, -0.1) is 0 Å². The monoisotopic (exact) mass is 441 g/mol. The summed E-state index contributed by atoms with van der Waals surface area (Å²) in [6, 6.07) is -0.510. The normalized spacial score (nSPS) is 12.2. The predicted molar refractivity (Wildman–Crippen MR) is 131 cm³/mol. The molecule has 0 aromatic heterocycles. The summed E-state index contributed by atoms with van der Waals surface area (Å²) in [4.78, 5) is 23.3. The van der Waals surface area contributed by atoms with Crippen molar-refractivity contribution in [2.75, 3.05) is 18.6 Å². The van der Waals surface area contributed by atoms with Gasteiger partial charge in [-0.25, -0.2) is 4.79 Å². The van der Waals surface area contributed by atoms with Crippen LogP contribution in [0.2, 0.25) is 0 Å². The van der Waals surface area contributed by atoms with E-state index in [1.165, 1.54) is 84.0 Å². The number of unbranched alkanes of at least 4 members (excludes halogenated alkanes) is 12. The van der Waals surface area contributed by atoms with E-state index in [0.29, 0.717) is 13.0 Å². The molecule has 0 unspecified atom stereocenters. The maximum Gasteiger partial charge on any atom is 0.328 e. The molecule has 1 N–H and O–H groups in total. The second kappa shape index (κ2) is 22.7. The van der Waals surface area contributed by atoms with Gasteiger partial charge in [0, 0.05) is 6.92 Å². The van der Waals surface area contributed by atoms with E-state index in [0.717, 1.165) is 18.6 Å². The first kappa shape index (κ1) is 29.0. The maximum absolute atomic E-state index is 12.1. The van der Waals surface area contributed by atoms with Crippen molar-refractivity contribution in [3.05, 3.63) is 12.2 Å². The topological polar surface area (TPSA) is 55.4 Å². The number of hydrogen-bond donors (Lipinski definition) is 1. The molecule has 0 aliphatic carbocycles. The van der Waals surface area contributed by atoms with Crippen molar-refractivity contribution in [2.45, 2.75) is 116 Å². The van der Waals surface area contributed by atoms with Gasteiger partial charge in [0.25, 0.3) is 0 Å². The molecule has 1 atom stereocenters. The fraction of sp³-hybridized carbons (Fsp3) is 0.840. The van der Waals surface area contributed by atoms with Gasteiger partial charge in [0.2, 0.25) is 5.91 Å². The highest BCUT2D eigenvalue weighted by Crippen LogP contribution is 2.10. The molecule has 0 rings (SSSR count). The van der Waals surface area contributed by atoms with Crippen LogP contribution in [-0.4, -0.2) is 36.5 Å². The lowest BCUT2D eigenvalue weighted by atomic mass is 10.1. The number of allylic oxidation sites excluding steroid dienone is 2. The van der Waals surface area contributed by atoms with Crippen LogP contribution >= 0.6 is 11.8 Å². The van der Waals surface area contributed by atoms with Crippen molar-refractivity contribution < 1.29 is 14.3 Å². The zero-order chi connectivity index (χ0) is 22.3. The van der Waals surface area contributed by atoms with E-state index in [-0.39, 0.29) is 11.9 Å². The van der Waals surface area contributed by atoms with E-state index >= 15 is 0 Å². The van der Waals surface area contributed by atoms with Gasteiger partial charge in [-0.05, 0) is 50.5 Å². The molecule has 0 heterocycles. The Morgan fingerprint density at radius 1 is 0.867 bits per heavy atom. The molecule has 0 saturated heterocycles. The Bertz CT molecular complexity index is 440. The summed E-state index contributed by atoms with van der Waals surface area (Å²) in [6.45, 7) is 4.15. The summed E-state index contributed by atoms with van der Waals surface area (Å²) in [5.41, 5.74) is 0. The number of thioether (sulfide) groups is 1. The van der Waals surface area contributed by atoms with Crippen molar-refractivity contribution in [3.63, 3.8) is 0 Å². The second-order valence-electron chi connectivity index (χ2n) is 8.14. The standard InChI is InChI=1S/C25H47NO3S/c1-4-5-6-7-8-9-10-11-12-13-14-15-16-17-18-19-21-29-25(28)24(20-22-30-3)26-23(2)27/h11-12,24H,4-10,13-22H2,1-3H3,(H,26,27)/b12-11-/t24-/m0/s1. The summed E-state index contributed by atoms with van der Waals surface area (Å²) >= 11 is 1.66. The molecule has 0 fully saturated rings. The summed E-state index contributed by atoms with van der Waals surface area (Å²) in [7, 11) is 0. The molecule has 1 amide bonds. The van der Waals surface area contributed by atoms with Crippen LogP contribution in [0.5, 0.6) is 0 Å². The zero-order valence-electron chi connectivity index (χ0n) is 19.9. The molecule has 4 nitrogen and oxygen atoms in total. The molecular weight excluding hydrogens is 394 g/mol. The summed E-state index contributed by atoms with van der Waals surface area (Å²) in [6.07, 6.45) is 25.0. The van der Waals surface area contributed by atoms with Crippen molar-refractivity contribution in [3.8, 4) is 0 Å². The SMILES string of the molecule is CCCCCCCC/C=C\CCCCCCCCOC(=O)[C@H](CCSC)NC(C)=O. The first-order chi connectivity index (χ1) is 14.6. The minimum atomic E-state index is -0.510. The number of hydrogen-bond acceptors (Lipinski definition) is 4. The van der Waals surface area contributed by atoms with Gasteiger partial charge < -0.3 is 10.1 Å². The van der Waals surface area contributed by atoms with Crippen LogP contribution < -0.4 is 5.32 Å². The van der Waals surface area contributed by atoms with Crippen molar-refractivity contribution in [2.24, 2.45) is 0 Å². The minimum Gasteiger partial charge on any atom is -0.464 e. The molecule has 30 heavy (non-hydrogen) atoms. The lowest BCUT2D eigenvalue weighted by Crippen LogP contribution is -2.41. The Balaban J connectivity index is 3.49. The third-order valence-corrected chi connectivity index (χ3v) is 5.82. The Morgan fingerprint density at radius 3 is 1.93 bits per heavy atom. The number of rotatable bonds is 21. The van der Waals surface area contributed by atoms with Crippen LogP contribution in [0.3, 0.4) is 0 Å². The highest BCUT2D eigenvalue weighted by molar-refractivity contribution is 7.98. The average Bonchev–Trinajstić information content (AvgIpc) is 2.72. The van der Waals surface area contributed by atoms with Crippen LogP contribution in [0.25, 0.3) is 0 Å². The lowest BCUT2D eigenvalue weighted by Gasteiger charge is -2.16. The highest BCUT2D eigenvalue weighted by Gasteiger charge is 2.20. The van der Waals surface area contributed by atoms with Crippen LogP contribution in [0, 0.1) is 0 Å². The molecule has 0 radical (unpaired) electrons. The van der Waals surface area contributed by atoms with Gasteiger partial charge >= 0.3 is 5.97 Å². The third kappa shape index (κ3) is 20.3. The fourth-order valence-electron chi connectivity index (χ4n) is 3.35. The molecule has 0 aromatic rings. The van der Waals surface area contributed by atoms with Crippen molar-refractivity contribution in [1.82, 2.24) is 5.32 Å². The highest BCUT2D eigenvalue weighted by atomic mass is 32.2. The lowest BCUT2D eigenvalue weighted by molar-refractivity contribution is -0.147. The second-order valence-corrected chi connectivity index (χ2v) is 9.13. The van der Waals surface area contributed by atoms with E-state index in [2.05, 4.69) is 24.4 Å². The molecule has 0 aromatic carbocycles. The van der Waals surface area contributed by atoms with E-state index < -0.39 is 6.04 Å². The Hall–Kier alpha value is -0.970. The van der Waals surface area contributed by atoms with E-state index in [4.69, 9.17) is 4.74 Å². The van der Waals surface area contributed by atoms with Gasteiger partial charge in [0.05, 0.1) is 6.61 Å². The first-order valence-electron chi connectivity index (χ1n) is 12.2. The number of carbonyl (C=O) groups excluding carboxylic acids is 2. The van der Waals surface area contributed by atoms with E-state index in [1.54, 1.807) is 11.8 Å². The number of ether oxygens (including phenoxy) is 1. The van der Waals surface area contributed by atoms with Crippen molar-refractivity contribution >= 4 is 23.6 Å². The van der Waals surface area contributed by atoms with Gasteiger partial charge in [-0.3, -0.25) is 4.79 Å². The molecule has 0 saturated carbocycles. The van der Waals surface area contributed by atoms with Gasteiger partial charge in [-0.1, -0.05) is 76.9 Å². The number of amides is 1. The zero-order valence-corrected chi connectivity index (χ0v) is 20.7. The quantitative estimate of drug-likeness (QED) is 0.121. The van der Waals surface area contributed by atoms with Gasteiger partial charge in [0.15, 0.2) is 0 Å². The molecule has 0 aliphatic heterocycles. The molecule has 0 aliphatic rings. The van der Waals surface area contributed by atoms with E-state index in [1.807, 2.05) is 6.26 Å². The maximum atomic E-state index is 12.1. The number of nitrogens with one attached hydrogen (secondary N) is 1. The average molecular weight is 442 g/mol. The minimum absolute atomic E-state index is 0.185. The molecular formula is C25H47NO3S. The number of carbonyl (C=O) groups is 2. The smallest absolute Gasteiger partial charge is 0.328 e. The fourth-order valence-corrected chi connectivity index (χ4v) is 3.82. The largest absolute Gasteiger partial charge is 0.464 e. The predicted octanol–water partition coefficient (Wildman–Crippen LogP) is 6.82. The molecule has 5 heteroatoms.